The van der Waals surface area contributed by atoms with Gasteiger partial charge in [0.1, 0.15) is 22.4 Å². The van der Waals surface area contributed by atoms with Gasteiger partial charge in [0.2, 0.25) is 0 Å². The molecule has 0 radical (unpaired) electrons. The van der Waals surface area contributed by atoms with Crippen LogP contribution in [0.3, 0.4) is 0 Å². The van der Waals surface area contributed by atoms with E-state index in [1.54, 1.807) is 92.9 Å². The topological polar surface area (TPSA) is 137 Å². The van der Waals surface area contributed by atoms with Gasteiger partial charge in [-0.15, -0.1) is 0 Å². The number of ether oxygens (including phenoxy) is 4. The number of hydrogen-bond acceptors (Lipinski definition) is 12. The highest BCUT2D eigenvalue weighted by Gasteiger charge is 2.27. The fourth-order valence-corrected chi connectivity index (χ4v) is 4.96. The molecule has 0 aliphatic heterocycles. The molecular weight excluding hydrogens is 664 g/mol. The average Bonchev–Trinajstić information content (AvgIpc) is 2.88. The van der Waals surface area contributed by atoms with Crippen molar-refractivity contribution in [3.8, 4) is 11.4 Å². The van der Waals surface area contributed by atoms with Crippen molar-refractivity contribution in [3.63, 3.8) is 0 Å². The molecule has 0 aliphatic carbocycles. The maximum atomic E-state index is 12.9. The molecule has 2 heterocycles. The van der Waals surface area contributed by atoms with E-state index in [4.69, 9.17) is 28.9 Å². The lowest BCUT2D eigenvalue weighted by molar-refractivity contribution is -0.162. The Morgan fingerprint density at radius 2 is 0.846 bits per heavy atom. The van der Waals surface area contributed by atoms with Crippen LogP contribution in [0.1, 0.15) is 121 Å². The number of carbonyl (C=O) groups excluding carboxylic acids is 4. The largest absolute Gasteiger partial charge is 0.459 e. The second-order valence-corrected chi connectivity index (χ2v) is 18.1. The van der Waals surface area contributed by atoms with E-state index in [-0.39, 0.29) is 44.7 Å². The predicted octanol–water partition coefficient (Wildman–Crippen LogP) is 6.41. The lowest BCUT2D eigenvalue weighted by Gasteiger charge is -2.27. The van der Waals surface area contributed by atoms with Crippen molar-refractivity contribution in [3.05, 3.63) is 47.3 Å². The van der Waals surface area contributed by atoms with Crippen LogP contribution < -0.4 is 0 Å². The number of hydrogen-bond donors (Lipinski definition) is 0. The van der Waals surface area contributed by atoms with Crippen LogP contribution in [0, 0.1) is 0 Å². The summed E-state index contributed by atoms with van der Waals surface area (Å²) in [5.41, 5.74) is 0.316. The summed E-state index contributed by atoms with van der Waals surface area (Å²) >= 11 is 0. The Bertz CT molecular complexity index is 1490. The second kappa shape index (κ2) is 17.3. The first-order chi connectivity index (χ1) is 23.5. The molecule has 0 bridgehead atoms. The monoisotopic (exact) mass is 726 g/mol. The van der Waals surface area contributed by atoms with E-state index in [0.717, 1.165) is 5.56 Å². The maximum absolute atomic E-state index is 12.9. The molecule has 12 heteroatoms. The number of carbonyl (C=O) groups is 4. The Kier molecular flexibility index (Phi) is 14.7. The van der Waals surface area contributed by atoms with Crippen molar-refractivity contribution in [2.45, 2.75) is 145 Å². The van der Waals surface area contributed by atoms with Crippen LogP contribution in [0.15, 0.2) is 30.3 Å². The fourth-order valence-electron chi connectivity index (χ4n) is 4.96. The molecule has 52 heavy (non-hydrogen) atoms. The Balaban J connectivity index is 2.51. The zero-order valence-corrected chi connectivity index (χ0v) is 34.2. The molecular formula is C40H62N4O8. The molecule has 0 atom stereocenters. The predicted molar refractivity (Wildman–Crippen MR) is 200 cm³/mol. The molecule has 0 saturated carbocycles. The Morgan fingerprint density at radius 1 is 0.500 bits per heavy atom. The third kappa shape index (κ3) is 18.0. The van der Waals surface area contributed by atoms with E-state index >= 15 is 0 Å². The summed E-state index contributed by atoms with van der Waals surface area (Å²) in [7, 11) is 0. The van der Waals surface area contributed by atoms with Gasteiger partial charge in [0.25, 0.3) is 0 Å². The summed E-state index contributed by atoms with van der Waals surface area (Å²) in [6, 6.07) is 9.44. The van der Waals surface area contributed by atoms with Gasteiger partial charge in [-0.3, -0.25) is 29.0 Å². The van der Waals surface area contributed by atoms with Crippen LogP contribution in [0.2, 0.25) is 0 Å². The van der Waals surface area contributed by atoms with Gasteiger partial charge in [-0.25, -0.2) is 9.97 Å². The molecule has 0 unspecified atom stereocenters. The zero-order chi connectivity index (χ0) is 39.9. The van der Waals surface area contributed by atoms with Crippen LogP contribution in [0.4, 0.5) is 0 Å². The van der Waals surface area contributed by atoms with Crippen LogP contribution in [-0.4, -0.2) is 92.2 Å². The quantitative estimate of drug-likeness (QED) is 0.167. The van der Waals surface area contributed by atoms with Crippen molar-refractivity contribution in [2.75, 3.05) is 26.2 Å². The van der Waals surface area contributed by atoms with E-state index < -0.39 is 46.3 Å². The van der Waals surface area contributed by atoms with Crippen LogP contribution in [0.5, 0.6) is 0 Å². The van der Waals surface area contributed by atoms with Gasteiger partial charge in [-0.2, -0.15) is 0 Å². The van der Waals surface area contributed by atoms with Gasteiger partial charge in [-0.1, -0.05) is 26.8 Å². The fraction of sp³-hybridized carbons (Fsp3) is 0.650. The van der Waals surface area contributed by atoms with Crippen LogP contribution in [0.25, 0.3) is 11.4 Å². The molecule has 12 nitrogen and oxygen atoms in total. The van der Waals surface area contributed by atoms with Gasteiger partial charge in [-0.05, 0) is 118 Å². The highest BCUT2D eigenvalue weighted by atomic mass is 16.6. The van der Waals surface area contributed by atoms with E-state index in [1.807, 2.05) is 30.3 Å². The molecule has 0 aliphatic rings. The van der Waals surface area contributed by atoms with Crippen molar-refractivity contribution >= 4 is 23.9 Å². The second-order valence-electron chi connectivity index (χ2n) is 18.1. The van der Waals surface area contributed by atoms with E-state index in [9.17, 15) is 19.2 Å². The first-order valence-corrected chi connectivity index (χ1v) is 17.8. The average molecular weight is 727 g/mol. The number of pyridine rings is 2. The minimum absolute atomic E-state index is 0.143. The summed E-state index contributed by atoms with van der Waals surface area (Å²) < 4.78 is 22.2. The van der Waals surface area contributed by atoms with E-state index in [0.29, 0.717) is 22.8 Å². The molecule has 0 aromatic carbocycles. The Labute approximate surface area is 310 Å². The lowest BCUT2D eigenvalue weighted by atomic mass is 9.86. The SMILES string of the molecule is CC(C)(C)OC(=O)CN(CC(=O)OC(C)(C)C)Cc1cccc(-c2cc(C(C)(C)C)cc(CN(CC(=O)OC(C)(C)C)CC(=O)OC(C)(C)C)n2)n1. The van der Waals surface area contributed by atoms with Crippen molar-refractivity contribution in [1.82, 2.24) is 19.8 Å². The summed E-state index contributed by atoms with van der Waals surface area (Å²) in [5.74, 6) is -1.89. The lowest BCUT2D eigenvalue weighted by Crippen LogP contribution is -2.39. The summed E-state index contributed by atoms with van der Waals surface area (Å²) in [6.45, 7) is 27.5. The molecule has 2 aromatic heterocycles. The molecule has 2 rings (SSSR count). The van der Waals surface area contributed by atoms with E-state index in [2.05, 4.69) is 20.8 Å². The van der Waals surface area contributed by atoms with Crippen molar-refractivity contribution < 1.29 is 38.1 Å². The zero-order valence-electron chi connectivity index (χ0n) is 34.2. The first-order valence-electron chi connectivity index (χ1n) is 17.8. The molecule has 0 amide bonds. The van der Waals surface area contributed by atoms with Crippen molar-refractivity contribution in [2.24, 2.45) is 0 Å². The molecule has 0 fully saturated rings. The number of esters is 4. The third-order valence-electron chi connectivity index (χ3n) is 6.68. The minimum Gasteiger partial charge on any atom is -0.459 e. The standard InChI is InChI=1S/C40H62N4O8/c1-36(2,3)27-19-29(22-44(25-34(47)51-39(10,11)12)26-35(48)52-40(13,14)15)42-31(20-27)30-18-16-17-28(41-30)21-43(23-32(45)49-37(4,5)6)24-33(46)50-38(7,8)9/h16-20H,21-26H2,1-15H3. The van der Waals surface area contributed by atoms with Gasteiger partial charge in [0, 0.05) is 13.1 Å². The smallest absolute Gasteiger partial charge is 0.320 e. The Morgan fingerprint density at radius 3 is 1.19 bits per heavy atom. The first kappa shape index (κ1) is 44.3. The van der Waals surface area contributed by atoms with Crippen LogP contribution in [-0.2, 0) is 56.6 Å². The molecule has 2 aromatic rings. The minimum atomic E-state index is -0.696. The number of aromatic nitrogens is 2. The van der Waals surface area contributed by atoms with Gasteiger partial charge in [0.05, 0.1) is 49.0 Å². The highest BCUT2D eigenvalue weighted by Crippen LogP contribution is 2.28. The molecule has 0 spiro atoms. The molecule has 0 saturated heterocycles. The molecule has 0 N–H and O–H groups in total. The third-order valence-corrected chi connectivity index (χ3v) is 6.68. The Hall–Kier alpha value is -3.90. The normalized spacial score (nSPS) is 12.9. The van der Waals surface area contributed by atoms with Crippen molar-refractivity contribution in [1.29, 1.82) is 0 Å². The molecule has 290 valence electrons. The maximum Gasteiger partial charge on any atom is 0.320 e. The van der Waals surface area contributed by atoms with Gasteiger partial charge < -0.3 is 18.9 Å². The summed E-state index contributed by atoms with van der Waals surface area (Å²) in [4.78, 5) is 64.7. The highest BCUT2D eigenvalue weighted by molar-refractivity contribution is 5.76. The van der Waals surface area contributed by atoms with Crippen LogP contribution >= 0.6 is 0 Å². The summed E-state index contributed by atoms with van der Waals surface area (Å²) in [5, 5.41) is 0. The number of nitrogens with zero attached hydrogens (tertiary/aromatic N) is 4. The van der Waals surface area contributed by atoms with E-state index in [1.165, 1.54) is 0 Å². The van der Waals surface area contributed by atoms with Gasteiger partial charge >= 0.3 is 23.9 Å². The van der Waals surface area contributed by atoms with Gasteiger partial charge in [0.15, 0.2) is 0 Å². The summed E-state index contributed by atoms with van der Waals surface area (Å²) in [6.07, 6.45) is 0. The number of rotatable bonds is 13.